The van der Waals surface area contributed by atoms with Gasteiger partial charge in [-0.05, 0) is 22.0 Å². The highest BCUT2D eigenvalue weighted by molar-refractivity contribution is 9.10. The molecular formula is C9H6BrF6N. The van der Waals surface area contributed by atoms with Gasteiger partial charge in [-0.3, -0.25) is 0 Å². The number of halogens is 7. The molecule has 2 N–H and O–H groups in total. The second kappa shape index (κ2) is 4.49. The second-order valence-electron chi connectivity index (χ2n) is 3.24. The maximum atomic E-state index is 13.3. The molecule has 0 aliphatic rings. The van der Waals surface area contributed by atoms with Gasteiger partial charge in [0.1, 0.15) is 11.9 Å². The summed E-state index contributed by atoms with van der Waals surface area (Å²) in [6, 6.07) is 0.274. The van der Waals surface area contributed by atoms with Gasteiger partial charge in [-0.2, -0.15) is 22.0 Å². The smallest absolute Gasteiger partial charge is 0.319 e. The summed E-state index contributed by atoms with van der Waals surface area (Å²) in [6.07, 6.45) is -5.83. The molecule has 0 unspecified atom stereocenters. The fourth-order valence-electron chi connectivity index (χ4n) is 1.13. The Morgan fingerprint density at radius 1 is 1.12 bits per heavy atom. The van der Waals surface area contributed by atoms with Crippen molar-refractivity contribution in [1.29, 1.82) is 0 Å². The number of alkyl halides is 5. The molecule has 0 aliphatic carbocycles. The lowest BCUT2D eigenvalue weighted by Gasteiger charge is -2.26. The summed E-state index contributed by atoms with van der Waals surface area (Å²) in [6.45, 7) is 0. The first-order valence-electron chi connectivity index (χ1n) is 4.23. The van der Waals surface area contributed by atoms with Gasteiger partial charge >= 0.3 is 12.1 Å². The van der Waals surface area contributed by atoms with Crippen LogP contribution in [-0.2, 0) is 0 Å². The molecular weight excluding hydrogens is 316 g/mol. The molecule has 17 heavy (non-hydrogen) atoms. The first-order valence-corrected chi connectivity index (χ1v) is 5.02. The van der Waals surface area contributed by atoms with Gasteiger partial charge in [-0.25, -0.2) is 4.39 Å². The van der Waals surface area contributed by atoms with E-state index in [-0.39, 0.29) is 4.47 Å². The Morgan fingerprint density at radius 2 is 1.65 bits per heavy atom. The molecule has 0 heterocycles. The van der Waals surface area contributed by atoms with Crippen LogP contribution in [0.2, 0.25) is 0 Å². The number of nitrogens with two attached hydrogens (primary N) is 1. The third-order valence-corrected chi connectivity index (χ3v) is 2.70. The van der Waals surface area contributed by atoms with Crippen molar-refractivity contribution in [3.05, 3.63) is 34.1 Å². The quantitative estimate of drug-likeness (QED) is 0.824. The Hall–Kier alpha value is -0.760. The van der Waals surface area contributed by atoms with E-state index in [9.17, 15) is 26.3 Å². The van der Waals surface area contributed by atoms with Crippen molar-refractivity contribution in [1.82, 2.24) is 0 Å². The van der Waals surface area contributed by atoms with Crippen molar-refractivity contribution in [2.45, 2.75) is 18.1 Å². The maximum absolute atomic E-state index is 13.3. The molecule has 0 bridgehead atoms. The fraction of sp³-hybridized carbons (Fsp3) is 0.333. The van der Waals surface area contributed by atoms with Gasteiger partial charge < -0.3 is 5.73 Å². The standard InChI is InChI=1S/C9H6BrF6N/c10-5-3-1-2-4(6(5)11)7(17)8(12,13)9(14,15)16/h1-3,7H,17H2/t7-/m1/s1. The summed E-state index contributed by atoms with van der Waals surface area (Å²) in [4.78, 5) is 0. The van der Waals surface area contributed by atoms with Crippen LogP contribution >= 0.6 is 15.9 Å². The first-order chi connectivity index (χ1) is 7.59. The summed E-state index contributed by atoms with van der Waals surface area (Å²) in [7, 11) is 0. The van der Waals surface area contributed by atoms with Crippen molar-refractivity contribution in [3.63, 3.8) is 0 Å². The molecule has 0 fully saturated rings. The van der Waals surface area contributed by atoms with Crippen LogP contribution < -0.4 is 5.73 Å². The van der Waals surface area contributed by atoms with Crippen LogP contribution in [0, 0.1) is 5.82 Å². The maximum Gasteiger partial charge on any atom is 0.455 e. The van der Waals surface area contributed by atoms with Crippen LogP contribution in [0.15, 0.2) is 22.7 Å². The van der Waals surface area contributed by atoms with E-state index in [1.165, 1.54) is 0 Å². The Morgan fingerprint density at radius 3 is 2.12 bits per heavy atom. The number of rotatable bonds is 2. The average Bonchev–Trinajstić information content (AvgIpc) is 2.19. The van der Waals surface area contributed by atoms with E-state index in [0.717, 1.165) is 18.2 Å². The summed E-state index contributed by atoms with van der Waals surface area (Å²) >= 11 is 2.67. The molecule has 0 saturated heterocycles. The van der Waals surface area contributed by atoms with Gasteiger partial charge in [-0.1, -0.05) is 12.1 Å². The molecule has 0 amide bonds. The Labute approximate surface area is 101 Å². The number of benzene rings is 1. The normalized spacial score (nSPS) is 14.8. The van der Waals surface area contributed by atoms with Crippen LogP contribution in [-0.4, -0.2) is 12.1 Å². The molecule has 1 nitrogen and oxygen atoms in total. The SMILES string of the molecule is N[C@H](c1cccc(Br)c1F)C(F)(F)C(F)(F)F. The molecule has 1 rings (SSSR count). The molecule has 1 atom stereocenters. The van der Waals surface area contributed by atoms with Crippen molar-refractivity contribution in [2.24, 2.45) is 5.73 Å². The molecule has 0 saturated carbocycles. The monoisotopic (exact) mass is 321 g/mol. The summed E-state index contributed by atoms with van der Waals surface area (Å²) in [5.41, 5.74) is 3.90. The van der Waals surface area contributed by atoms with Crippen molar-refractivity contribution in [3.8, 4) is 0 Å². The van der Waals surface area contributed by atoms with Crippen LogP contribution in [0.4, 0.5) is 26.3 Å². The van der Waals surface area contributed by atoms with E-state index >= 15 is 0 Å². The van der Waals surface area contributed by atoms with Crippen molar-refractivity contribution in [2.75, 3.05) is 0 Å². The van der Waals surface area contributed by atoms with E-state index in [1.54, 1.807) is 0 Å². The molecule has 0 radical (unpaired) electrons. The molecule has 0 aromatic heterocycles. The summed E-state index contributed by atoms with van der Waals surface area (Å²) < 4.78 is 75.0. The zero-order valence-corrected chi connectivity index (χ0v) is 9.62. The van der Waals surface area contributed by atoms with E-state index in [1.807, 2.05) is 0 Å². The van der Waals surface area contributed by atoms with Crippen molar-refractivity contribution >= 4 is 15.9 Å². The third kappa shape index (κ3) is 2.57. The van der Waals surface area contributed by atoms with Gasteiger partial charge in [0, 0.05) is 5.56 Å². The highest BCUT2D eigenvalue weighted by Crippen LogP contribution is 2.44. The first kappa shape index (κ1) is 14.3. The van der Waals surface area contributed by atoms with Gasteiger partial charge in [0.2, 0.25) is 0 Å². The number of hydrogen-bond acceptors (Lipinski definition) is 1. The van der Waals surface area contributed by atoms with Gasteiger partial charge in [0.15, 0.2) is 0 Å². The minimum absolute atomic E-state index is 0.233. The minimum atomic E-state index is -5.83. The fourth-order valence-corrected chi connectivity index (χ4v) is 1.51. The largest absolute Gasteiger partial charge is 0.455 e. The molecule has 1 aromatic rings. The van der Waals surface area contributed by atoms with Crippen molar-refractivity contribution < 1.29 is 26.3 Å². The zero-order chi connectivity index (χ0) is 13.4. The van der Waals surface area contributed by atoms with Crippen LogP contribution in [0.25, 0.3) is 0 Å². The second-order valence-corrected chi connectivity index (χ2v) is 4.10. The Balaban J connectivity index is 3.22. The summed E-state index contributed by atoms with van der Waals surface area (Å²) in [5.74, 6) is -6.43. The molecule has 0 spiro atoms. The van der Waals surface area contributed by atoms with Crippen LogP contribution in [0.5, 0.6) is 0 Å². The Kier molecular flexibility index (Phi) is 3.78. The zero-order valence-electron chi connectivity index (χ0n) is 8.03. The van der Waals surface area contributed by atoms with Gasteiger partial charge in [0.25, 0.3) is 0 Å². The lowest BCUT2D eigenvalue weighted by molar-refractivity contribution is -0.291. The lowest BCUT2D eigenvalue weighted by Crippen LogP contribution is -2.46. The van der Waals surface area contributed by atoms with Crippen LogP contribution in [0.3, 0.4) is 0 Å². The van der Waals surface area contributed by atoms with Crippen LogP contribution in [0.1, 0.15) is 11.6 Å². The third-order valence-electron chi connectivity index (χ3n) is 2.09. The predicted octanol–water partition coefficient (Wildman–Crippen LogP) is 3.79. The molecule has 96 valence electrons. The number of hydrogen-bond donors (Lipinski definition) is 1. The Bertz CT molecular complexity index is 416. The minimum Gasteiger partial charge on any atom is -0.319 e. The van der Waals surface area contributed by atoms with Gasteiger partial charge in [0.05, 0.1) is 4.47 Å². The van der Waals surface area contributed by atoms with E-state index < -0.39 is 29.5 Å². The predicted molar refractivity (Wildman–Crippen MR) is 52.0 cm³/mol. The van der Waals surface area contributed by atoms with E-state index in [4.69, 9.17) is 5.73 Å². The van der Waals surface area contributed by atoms with E-state index in [0.29, 0.717) is 0 Å². The summed E-state index contributed by atoms with van der Waals surface area (Å²) in [5, 5.41) is 0. The lowest BCUT2D eigenvalue weighted by atomic mass is 10.0. The molecule has 0 aliphatic heterocycles. The highest BCUT2D eigenvalue weighted by Gasteiger charge is 2.62. The molecule has 1 aromatic carbocycles. The average molecular weight is 322 g/mol. The van der Waals surface area contributed by atoms with E-state index in [2.05, 4.69) is 15.9 Å². The van der Waals surface area contributed by atoms with Gasteiger partial charge in [-0.15, -0.1) is 0 Å². The topological polar surface area (TPSA) is 26.0 Å². The highest BCUT2D eigenvalue weighted by atomic mass is 79.9. The molecule has 8 heteroatoms.